The van der Waals surface area contributed by atoms with Crippen LogP contribution in [0.5, 0.6) is 0 Å². The number of aromatic nitrogens is 1. The highest BCUT2D eigenvalue weighted by Gasteiger charge is 2.03. The smallest absolute Gasteiger partial charge is 0.109 e. The van der Waals surface area contributed by atoms with E-state index < -0.39 is 0 Å². The van der Waals surface area contributed by atoms with Crippen molar-refractivity contribution in [3.8, 4) is 0 Å². The number of thioether (sulfide) groups is 1. The summed E-state index contributed by atoms with van der Waals surface area (Å²) in [6.45, 7) is 2.12. The molecule has 1 aliphatic rings. The number of aryl methyl sites for hydroxylation is 1. The minimum absolute atomic E-state index is 1.00. The lowest BCUT2D eigenvalue weighted by Crippen LogP contribution is -1.91. The molecule has 1 aromatic rings. The molecule has 60 valence electrons. The SMILES string of the molecule is CCc1ccc2c(n1)SC=C=C2. The van der Waals surface area contributed by atoms with E-state index in [0.717, 1.165) is 17.1 Å². The molecule has 0 aliphatic carbocycles. The molecular weight excluding hydrogens is 166 g/mol. The second-order valence-electron chi connectivity index (χ2n) is 2.60. The predicted molar refractivity (Wildman–Crippen MR) is 52.0 cm³/mol. The lowest BCUT2D eigenvalue weighted by molar-refractivity contribution is 0.968. The molecule has 0 saturated heterocycles. The first-order valence-corrected chi connectivity index (χ1v) is 4.85. The van der Waals surface area contributed by atoms with Crippen molar-refractivity contribution in [3.05, 3.63) is 34.5 Å². The van der Waals surface area contributed by atoms with Gasteiger partial charge < -0.3 is 0 Å². The number of nitrogens with zero attached hydrogens (tertiary/aromatic N) is 1. The first-order chi connectivity index (χ1) is 5.90. The standard InChI is InChI=1S/C10H9NS/c1-2-9-6-5-8-4-3-7-12-10(8)11-9/h4-7H,2H2,1H3. The average molecular weight is 175 g/mol. The zero-order chi connectivity index (χ0) is 8.39. The highest BCUT2D eigenvalue weighted by atomic mass is 32.2. The van der Waals surface area contributed by atoms with Crippen molar-refractivity contribution in [1.82, 2.24) is 4.98 Å². The monoisotopic (exact) mass is 175 g/mol. The van der Waals surface area contributed by atoms with Gasteiger partial charge in [0.15, 0.2) is 0 Å². The van der Waals surface area contributed by atoms with E-state index in [-0.39, 0.29) is 0 Å². The molecule has 0 fully saturated rings. The Morgan fingerprint density at radius 2 is 2.42 bits per heavy atom. The third-order valence-corrected chi connectivity index (χ3v) is 2.59. The van der Waals surface area contributed by atoms with Gasteiger partial charge in [-0.15, -0.1) is 5.73 Å². The molecule has 1 nitrogen and oxygen atoms in total. The number of rotatable bonds is 1. The van der Waals surface area contributed by atoms with E-state index >= 15 is 0 Å². The van der Waals surface area contributed by atoms with Crippen LogP contribution in [0.25, 0.3) is 6.08 Å². The topological polar surface area (TPSA) is 12.9 Å². The average Bonchev–Trinajstić information content (AvgIpc) is 2.17. The van der Waals surface area contributed by atoms with Gasteiger partial charge in [0.2, 0.25) is 0 Å². The van der Waals surface area contributed by atoms with Crippen molar-refractivity contribution >= 4 is 17.8 Å². The Bertz CT molecular complexity index is 362. The Labute approximate surface area is 76.2 Å². The summed E-state index contributed by atoms with van der Waals surface area (Å²) in [5.74, 6) is 0. The zero-order valence-corrected chi connectivity index (χ0v) is 7.69. The van der Waals surface area contributed by atoms with Crippen LogP contribution >= 0.6 is 11.8 Å². The number of pyridine rings is 1. The van der Waals surface area contributed by atoms with Crippen LogP contribution in [-0.4, -0.2) is 4.98 Å². The Morgan fingerprint density at radius 1 is 1.50 bits per heavy atom. The van der Waals surface area contributed by atoms with Crippen molar-refractivity contribution in [3.63, 3.8) is 0 Å². The summed E-state index contributed by atoms with van der Waals surface area (Å²) in [5.41, 5.74) is 5.39. The second kappa shape index (κ2) is 3.18. The molecule has 0 unspecified atom stereocenters. The minimum atomic E-state index is 1.00. The number of fused-ring (bicyclic) bond motifs is 1. The van der Waals surface area contributed by atoms with Crippen LogP contribution in [0.4, 0.5) is 0 Å². The largest absolute Gasteiger partial charge is 0.246 e. The van der Waals surface area contributed by atoms with Crippen LogP contribution in [0.15, 0.2) is 28.3 Å². The summed E-state index contributed by atoms with van der Waals surface area (Å²) in [6, 6.07) is 4.18. The fourth-order valence-corrected chi connectivity index (χ4v) is 1.79. The Balaban J connectivity index is 2.49. The normalized spacial score (nSPS) is 13.1. The molecule has 12 heavy (non-hydrogen) atoms. The molecule has 0 amide bonds. The van der Waals surface area contributed by atoms with Gasteiger partial charge in [-0.2, -0.15) is 0 Å². The molecule has 1 aromatic heterocycles. The first-order valence-electron chi connectivity index (χ1n) is 3.97. The Kier molecular flexibility index (Phi) is 2.03. The van der Waals surface area contributed by atoms with Crippen LogP contribution in [0.1, 0.15) is 18.2 Å². The van der Waals surface area contributed by atoms with Crippen LogP contribution < -0.4 is 0 Å². The lowest BCUT2D eigenvalue weighted by Gasteiger charge is -2.05. The molecule has 0 radical (unpaired) electrons. The highest BCUT2D eigenvalue weighted by molar-refractivity contribution is 8.02. The van der Waals surface area contributed by atoms with Crippen molar-refractivity contribution in [2.75, 3.05) is 0 Å². The molecule has 2 rings (SSSR count). The molecule has 1 aliphatic heterocycles. The van der Waals surface area contributed by atoms with Gasteiger partial charge in [-0.1, -0.05) is 18.7 Å². The van der Waals surface area contributed by atoms with E-state index in [0.29, 0.717) is 0 Å². The van der Waals surface area contributed by atoms with E-state index in [4.69, 9.17) is 0 Å². The lowest BCUT2D eigenvalue weighted by atomic mass is 10.2. The van der Waals surface area contributed by atoms with Gasteiger partial charge in [0.1, 0.15) is 5.03 Å². The number of hydrogen-bond acceptors (Lipinski definition) is 2. The van der Waals surface area contributed by atoms with Crippen LogP contribution in [0.3, 0.4) is 0 Å². The van der Waals surface area contributed by atoms with E-state index in [9.17, 15) is 0 Å². The van der Waals surface area contributed by atoms with Crippen LogP contribution in [-0.2, 0) is 6.42 Å². The third-order valence-electron chi connectivity index (χ3n) is 1.79. The van der Waals surface area contributed by atoms with Gasteiger partial charge in [-0.3, -0.25) is 0 Å². The molecule has 2 heterocycles. The van der Waals surface area contributed by atoms with E-state index in [1.54, 1.807) is 11.8 Å². The summed E-state index contributed by atoms with van der Waals surface area (Å²) in [6.07, 6.45) is 2.97. The summed E-state index contributed by atoms with van der Waals surface area (Å²) >= 11 is 1.64. The van der Waals surface area contributed by atoms with Gasteiger partial charge in [-0.25, -0.2) is 4.98 Å². The molecular formula is C10H9NS. The maximum atomic E-state index is 4.49. The summed E-state index contributed by atoms with van der Waals surface area (Å²) in [4.78, 5) is 4.49. The van der Waals surface area contributed by atoms with Crippen LogP contribution in [0.2, 0.25) is 0 Å². The van der Waals surface area contributed by atoms with E-state index in [1.807, 2.05) is 11.5 Å². The van der Waals surface area contributed by atoms with Crippen LogP contribution in [0, 0.1) is 0 Å². The summed E-state index contributed by atoms with van der Waals surface area (Å²) in [7, 11) is 0. The fraction of sp³-hybridized carbons (Fsp3) is 0.200. The van der Waals surface area contributed by atoms with Gasteiger partial charge in [-0.05, 0) is 24.6 Å². The maximum Gasteiger partial charge on any atom is 0.109 e. The molecule has 0 saturated carbocycles. The van der Waals surface area contributed by atoms with Gasteiger partial charge >= 0.3 is 0 Å². The predicted octanol–water partition coefficient (Wildman–Crippen LogP) is 2.88. The van der Waals surface area contributed by atoms with Gasteiger partial charge in [0, 0.05) is 16.7 Å². The molecule has 0 aromatic carbocycles. The highest BCUT2D eigenvalue weighted by Crippen LogP contribution is 2.25. The molecule has 0 N–H and O–H groups in total. The summed E-state index contributed by atoms with van der Waals surface area (Å²) in [5, 5.41) is 3.04. The molecule has 0 atom stereocenters. The second-order valence-corrected chi connectivity index (χ2v) is 3.46. The van der Waals surface area contributed by atoms with E-state index in [1.165, 1.54) is 5.56 Å². The quantitative estimate of drug-likeness (QED) is 0.609. The van der Waals surface area contributed by atoms with Crippen molar-refractivity contribution in [2.24, 2.45) is 0 Å². The third kappa shape index (κ3) is 1.31. The maximum absolute atomic E-state index is 4.49. The van der Waals surface area contributed by atoms with Crippen molar-refractivity contribution in [1.29, 1.82) is 0 Å². The first kappa shape index (κ1) is 7.66. The van der Waals surface area contributed by atoms with Gasteiger partial charge in [0.05, 0.1) is 0 Å². The zero-order valence-electron chi connectivity index (χ0n) is 6.87. The molecule has 0 spiro atoms. The Hall–Kier alpha value is -0.980. The van der Waals surface area contributed by atoms with E-state index in [2.05, 4.69) is 29.8 Å². The molecule has 2 heteroatoms. The summed E-state index contributed by atoms with van der Waals surface area (Å²) < 4.78 is 0. The van der Waals surface area contributed by atoms with Crippen molar-refractivity contribution < 1.29 is 0 Å². The van der Waals surface area contributed by atoms with Crippen molar-refractivity contribution in [2.45, 2.75) is 18.4 Å². The fourth-order valence-electron chi connectivity index (χ4n) is 1.10. The number of hydrogen-bond donors (Lipinski definition) is 0. The van der Waals surface area contributed by atoms with Gasteiger partial charge in [0.25, 0.3) is 0 Å². The molecule has 0 bridgehead atoms. The Morgan fingerprint density at radius 3 is 3.25 bits per heavy atom. The minimum Gasteiger partial charge on any atom is -0.246 e.